The Morgan fingerprint density at radius 2 is 2.13 bits per heavy atom. The average molecular weight is 435 g/mol. The molecule has 9 heteroatoms. The summed E-state index contributed by atoms with van der Waals surface area (Å²) in [4.78, 5) is 28.1. The van der Waals surface area contributed by atoms with Crippen LogP contribution >= 0.6 is 11.8 Å². The molecule has 0 unspecified atom stereocenters. The number of rotatable bonds is 5. The van der Waals surface area contributed by atoms with E-state index in [0.29, 0.717) is 34.8 Å². The molecule has 0 spiro atoms. The van der Waals surface area contributed by atoms with E-state index in [1.807, 2.05) is 30.3 Å². The molecule has 2 heterocycles. The van der Waals surface area contributed by atoms with E-state index in [-0.39, 0.29) is 11.8 Å². The van der Waals surface area contributed by atoms with E-state index in [0.717, 1.165) is 16.7 Å². The fraction of sp³-hybridized carbons (Fsp3) is 0.182. The Balaban J connectivity index is 1.48. The smallest absolute Gasteiger partial charge is 0.255 e. The first-order valence-electron chi connectivity index (χ1n) is 9.68. The van der Waals surface area contributed by atoms with E-state index in [4.69, 9.17) is 11.1 Å². The van der Waals surface area contributed by atoms with Gasteiger partial charge in [-0.2, -0.15) is 5.10 Å². The molecule has 0 radical (unpaired) electrons. The van der Waals surface area contributed by atoms with Crippen molar-refractivity contribution >= 4 is 41.2 Å². The van der Waals surface area contributed by atoms with E-state index in [1.165, 1.54) is 22.9 Å². The van der Waals surface area contributed by atoms with Crippen LogP contribution in [-0.4, -0.2) is 46.7 Å². The lowest BCUT2D eigenvalue weighted by molar-refractivity contribution is -0.119. The summed E-state index contributed by atoms with van der Waals surface area (Å²) in [7, 11) is 1.66. The van der Waals surface area contributed by atoms with E-state index in [9.17, 15) is 9.59 Å². The van der Waals surface area contributed by atoms with Gasteiger partial charge in [-0.15, -0.1) is 11.8 Å². The van der Waals surface area contributed by atoms with Gasteiger partial charge in [0.25, 0.3) is 5.91 Å². The predicted octanol–water partition coefficient (Wildman–Crippen LogP) is 2.38. The number of carbonyl (C=O) groups is 2. The fourth-order valence-corrected chi connectivity index (χ4v) is 4.51. The molecule has 0 aliphatic carbocycles. The zero-order chi connectivity index (χ0) is 22.0. The van der Waals surface area contributed by atoms with Crippen LogP contribution in [0.1, 0.15) is 21.5 Å². The van der Waals surface area contributed by atoms with Crippen LogP contribution in [0.2, 0.25) is 0 Å². The predicted molar refractivity (Wildman–Crippen MR) is 122 cm³/mol. The van der Waals surface area contributed by atoms with Crippen LogP contribution in [0.4, 0.5) is 11.4 Å². The Morgan fingerprint density at radius 1 is 1.35 bits per heavy atom. The number of thioether (sulfide) groups is 1. The number of nitrogens with one attached hydrogen (secondary N) is 2. The third kappa shape index (κ3) is 4.31. The molecule has 1 aliphatic heterocycles. The Labute approximate surface area is 183 Å². The van der Waals surface area contributed by atoms with Gasteiger partial charge in [-0.3, -0.25) is 14.3 Å². The number of benzene rings is 2. The third-order valence-electron chi connectivity index (χ3n) is 5.10. The van der Waals surface area contributed by atoms with E-state index in [2.05, 4.69) is 10.4 Å². The maximum Gasteiger partial charge on any atom is 0.255 e. The van der Waals surface area contributed by atoms with Crippen molar-refractivity contribution in [2.24, 2.45) is 0 Å². The number of hydrogen-bond acceptors (Lipinski definition) is 6. The molecule has 2 amide bonds. The lowest BCUT2D eigenvalue weighted by Crippen LogP contribution is -2.48. The van der Waals surface area contributed by atoms with Crippen molar-refractivity contribution in [3.05, 3.63) is 71.5 Å². The summed E-state index contributed by atoms with van der Waals surface area (Å²) < 4.78 is 1.69. The lowest BCUT2D eigenvalue weighted by Gasteiger charge is -2.22. The molecule has 0 saturated carbocycles. The zero-order valence-electron chi connectivity index (χ0n) is 16.9. The number of carbonyl (C=O) groups excluding carboxylic acids is 2. The van der Waals surface area contributed by atoms with Crippen molar-refractivity contribution in [3.63, 3.8) is 0 Å². The molecule has 158 valence electrons. The number of aromatic nitrogens is 2. The number of amides is 2. The van der Waals surface area contributed by atoms with Gasteiger partial charge in [-0.25, -0.2) is 0 Å². The van der Waals surface area contributed by atoms with Crippen LogP contribution in [0.5, 0.6) is 0 Å². The number of nitrogens with zero attached hydrogens (tertiary/aromatic N) is 3. The molecule has 31 heavy (non-hydrogen) atoms. The van der Waals surface area contributed by atoms with Crippen molar-refractivity contribution in [1.82, 2.24) is 15.1 Å². The molecule has 1 atom stereocenters. The molecule has 0 saturated heterocycles. The second-order valence-electron chi connectivity index (χ2n) is 7.24. The SMILES string of the molecule is CN1C(=O)[C@@H](NC(=O)c2cnn(Cc3ccccc3)c2)CSc2cc(N)c(C=N)cc21. The van der Waals surface area contributed by atoms with Crippen molar-refractivity contribution < 1.29 is 9.59 Å². The van der Waals surface area contributed by atoms with Crippen LogP contribution in [-0.2, 0) is 11.3 Å². The topological polar surface area (TPSA) is 117 Å². The van der Waals surface area contributed by atoms with Gasteiger partial charge in [-0.1, -0.05) is 30.3 Å². The Morgan fingerprint density at radius 3 is 2.87 bits per heavy atom. The van der Waals surface area contributed by atoms with Crippen molar-refractivity contribution in [1.29, 1.82) is 5.41 Å². The van der Waals surface area contributed by atoms with Crippen molar-refractivity contribution in [2.45, 2.75) is 17.5 Å². The average Bonchev–Trinajstić information content (AvgIpc) is 3.21. The maximum absolute atomic E-state index is 13.0. The highest BCUT2D eigenvalue weighted by atomic mass is 32.2. The van der Waals surface area contributed by atoms with Gasteiger partial charge in [0.2, 0.25) is 5.91 Å². The van der Waals surface area contributed by atoms with Gasteiger partial charge in [0.15, 0.2) is 0 Å². The maximum atomic E-state index is 13.0. The number of fused-ring (bicyclic) bond motifs is 1. The van der Waals surface area contributed by atoms with Gasteiger partial charge < -0.3 is 21.4 Å². The number of anilines is 2. The summed E-state index contributed by atoms with van der Waals surface area (Å²) in [6.45, 7) is 0.557. The molecule has 3 aromatic rings. The summed E-state index contributed by atoms with van der Waals surface area (Å²) in [6.07, 6.45) is 4.34. The number of nitrogens with two attached hydrogens (primary N) is 1. The molecular weight excluding hydrogens is 412 g/mol. The number of likely N-dealkylation sites (N-methyl/N-ethyl adjacent to an activating group) is 1. The number of hydrogen-bond donors (Lipinski definition) is 3. The molecule has 1 aromatic heterocycles. The van der Waals surface area contributed by atoms with Gasteiger partial charge in [-0.05, 0) is 17.7 Å². The lowest BCUT2D eigenvalue weighted by atomic mass is 10.1. The zero-order valence-corrected chi connectivity index (χ0v) is 17.7. The highest BCUT2D eigenvalue weighted by Gasteiger charge is 2.30. The molecule has 4 rings (SSSR count). The minimum absolute atomic E-state index is 0.225. The minimum atomic E-state index is -0.697. The molecular formula is C22H22N6O2S. The standard InChI is InChI=1S/C22H22N6O2S/c1-27-19-7-15(9-23)17(24)8-20(19)31-13-18(22(27)30)26-21(29)16-10-25-28(12-16)11-14-5-3-2-4-6-14/h2-10,12,18,23H,11,13,24H2,1H3,(H,26,29)/t18-/m0/s1. The monoisotopic (exact) mass is 434 g/mol. The summed E-state index contributed by atoms with van der Waals surface area (Å²) >= 11 is 1.45. The third-order valence-corrected chi connectivity index (χ3v) is 6.24. The van der Waals surface area contributed by atoms with Crippen LogP contribution < -0.4 is 16.0 Å². The minimum Gasteiger partial charge on any atom is -0.398 e. The first kappa shape index (κ1) is 20.7. The van der Waals surface area contributed by atoms with Crippen molar-refractivity contribution in [2.75, 3.05) is 23.4 Å². The van der Waals surface area contributed by atoms with Gasteiger partial charge in [0, 0.05) is 41.4 Å². The summed E-state index contributed by atoms with van der Waals surface area (Å²) in [5.74, 6) is -0.196. The van der Waals surface area contributed by atoms with Gasteiger partial charge in [0.05, 0.1) is 24.0 Å². The molecule has 0 bridgehead atoms. The molecule has 2 aromatic carbocycles. The first-order valence-corrected chi connectivity index (χ1v) is 10.7. The molecule has 1 aliphatic rings. The van der Waals surface area contributed by atoms with Crippen LogP contribution in [0.25, 0.3) is 0 Å². The quantitative estimate of drug-likeness (QED) is 0.421. The number of nitrogen functional groups attached to an aromatic ring is 1. The molecule has 0 fully saturated rings. The highest BCUT2D eigenvalue weighted by molar-refractivity contribution is 7.99. The van der Waals surface area contributed by atoms with Crippen LogP contribution in [0.3, 0.4) is 0 Å². The second-order valence-corrected chi connectivity index (χ2v) is 8.30. The van der Waals surface area contributed by atoms with Gasteiger partial charge >= 0.3 is 0 Å². The summed E-state index contributed by atoms with van der Waals surface area (Å²) in [5.41, 5.74) is 9.17. The van der Waals surface area contributed by atoms with Gasteiger partial charge in [0.1, 0.15) is 6.04 Å². The largest absolute Gasteiger partial charge is 0.398 e. The fourth-order valence-electron chi connectivity index (χ4n) is 3.38. The molecule has 4 N–H and O–H groups in total. The summed E-state index contributed by atoms with van der Waals surface area (Å²) in [6, 6.07) is 12.6. The van der Waals surface area contributed by atoms with Crippen molar-refractivity contribution in [3.8, 4) is 0 Å². The summed E-state index contributed by atoms with van der Waals surface area (Å²) in [5, 5.41) is 14.6. The first-order chi connectivity index (χ1) is 15.0. The van der Waals surface area contributed by atoms with E-state index < -0.39 is 6.04 Å². The normalized spacial score (nSPS) is 15.8. The Bertz CT molecular complexity index is 1140. The molecule has 8 nitrogen and oxygen atoms in total. The second kappa shape index (κ2) is 8.65. The van der Waals surface area contributed by atoms with Crippen LogP contribution in [0.15, 0.2) is 59.8 Å². The Hall–Kier alpha value is -3.59. The van der Waals surface area contributed by atoms with E-state index in [1.54, 1.807) is 30.1 Å². The Kier molecular flexibility index (Phi) is 5.77. The van der Waals surface area contributed by atoms with Crippen LogP contribution in [0, 0.1) is 5.41 Å². The highest BCUT2D eigenvalue weighted by Crippen LogP contribution is 2.36. The van der Waals surface area contributed by atoms with E-state index >= 15 is 0 Å².